The molecule has 0 radical (unpaired) electrons. The van der Waals surface area contributed by atoms with E-state index in [1.807, 2.05) is 24.3 Å². The van der Waals surface area contributed by atoms with Gasteiger partial charge >= 0.3 is 143 Å². The average molecular weight is 370 g/mol. The van der Waals surface area contributed by atoms with Gasteiger partial charge < -0.3 is 0 Å². The van der Waals surface area contributed by atoms with Crippen molar-refractivity contribution in [3.63, 3.8) is 0 Å². The summed E-state index contributed by atoms with van der Waals surface area (Å²) in [6.45, 7) is 6.31. The van der Waals surface area contributed by atoms with Crippen LogP contribution in [0.2, 0.25) is 0 Å². The molecule has 2 N–H and O–H groups in total. The molecule has 3 rings (SSSR count). The van der Waals surface area contributed by atoms with Crippen molar-refractivity contribution in [2.75, 3.05) is 5.84 Å². The summed E-state index contributed by atoms with van der Waals surface area (Å²) in [5.74, 6) is 6.45. The zero-order valence-corrected chi connectivity index (χ0v) is 15.4. The minimum atomic E-state index is -0.136. The molecule has 0 unspecified atom stereocenters. The van der Waals surface area contributed by atoms with Gasteiger partial charge in [0, 0.05) is 0 Å². The van der Waals surface area contributed by atoms with Gasteiger partial charge in [-0.1, -0.05) is 0 Å². The van der Waals surface area contributed by atoms with Crippen LogP contribution in [0.15, 0.2) is 65.7 Å². The number of aromatic nitrogens is 1. The van der Waals surface area contributed by atoms with Crippen LogP contribution in [0.4, 0.5) is 0 Å². The topological polar surface area (TPSA) is 43.3 Å². The van der Waals surface area contributed by atoms with Gasteiger partial charge in [0.05, 0.1) is 0 Å². The summed E-state index contributed by atoms with van der Waals surface area (Å²) in [5.41, 5.74) is 3.29. The van der Waals surface area contributed by atoms with Gasteiger partial charge in [0.2, 0.25) is 0 Å². The van der Waals surface area contributed by atoms with Crippen LogP contribution in [0.1, 0.15) is 20.8 Å². The maximum atomic E-state index is 6.45. The molecule has 118 valence electrons. The Morgan fingerprint density at radius 1 is 0.870 bits per heavy atom. The fourth-order valence-electron chi connectivity index (χ4n) is 2.41. The summed E-state index contributed by atoms with van der Waals surface area (Å²) in [4.78, 5) is 4.84. The minimum absolute atomic E-state index is 0.0918. The molecule has 0 fully saturated rings. The summed E-state index contributed by atoms with van der Waals surface area (Å²) in [6, 6.07) is 20.8. The summed E-state index contributed by atoms with van der Waals surface area (Å²) in [5, 5.41) is 0. The molecular formula is C19H21N3Se. The Hall–Kier alpha value is -2.03. The van der Waals surface area contributed by atoms with E-state index >= 15 is 0 Å². The standard InChI is InChI=1S/C19H21N3Se/c1-19(2,3)21-18-22(20)16(14-10-6-4-7-11-14)17(23-18)15-12-8-5-9-13-15/h4-13H,20H2,1-3H3. The van der Waals surface area contributed by atoms with Crippen molar-refractivity contribution >= 4 is 14.5 Å². The summed E-state index contributed by atoms with van der Waals surface area (Å²) in [6.07, 6.45) is 0. The molecule has 0 aliphatic heterocycles. The Morgan fingerprint density at radius 2 is 1.39 bits per heavy atom. The Kier molecular flexibility index (Phi) is 4.29. The van der Waals surface area contributed by atoms with E-state index in [0.717, 1.165) is 15.6 Å². The molecule has 0 spiro atoms. The third-order valence-electron chi connectivity index (χ3n) is 3.37. The first-order chi connectivity index (χ1) is 11.0. The Bertz CT molecular complexity index is 853. The molecule has 3 nitrogen and oxygen atoms in total. The van der Waals surface area contributed by atoms with Crippen LogP contribution in [0, 0.1) is 0 Å². The van der Waals surface area contributed by atoms with E-state index in [9.17, 15) is 0 Å². The molecule has 1 heterocycles. The normalized spacial score (nSPS) is 12.6. The van der Waals surface area contributed by atoms with Gasteiger partial charge in [0.15, 0.2) is 0 Å². The van der Waals surface area contributed by atoms with E-state index in [1.54, 1.807) is 4.68 Å². The number of hydrogen-bond acceptors (Lipinski definition) is 2. The maximum absolute atomic E-state index is 6.45. The fraction of sp³-hybridized carbons (Fsp3) is 0.211. The molecule has 3 aromatic rings. The SMILES string of the molecule is CC(C)(C)N=c1[se]c(-c2ccccc2)c(-c2ccccc2)n1N. The molecule has 0 saturated heterocycles. The van der Waals surface area contributed by atoms with Crippen molar-refractivity contribution in [1.82, 2.24) is 4.68 Å². The number of nitrogens with two attached hydrogens (primary N) is 1. The van der Waals surface area contributed by atoms with Crippen molar-refractivity contribution in [2.24, 2.45) is 4.99 Å². The number of hydrogen-bond donors (Lipinski definition) is 1. The van der Waals surface area contributed by atoms with Crippen LogP contribution in [0.5, 0.6) is 0 Å². The van der Waals surface area contributed by atoms with Gasteiger partial charge in [0.25, 0.3) is 0 Å². The summed E-state index contributed by atoms with van der Waals surface area (Å²) >= 11 is 0.0918. The number of nitrogen functional groups attached to an aromatic ring is 1. The predicted octanol–water partition coefficient (Wildman–Crippen LogP) is 3.29. The molecule has 0 amide bonds. The molecule has 2 aromatic carbocycles. The second-order valence-corrected chi connectivity index (χ2v) is 8.50. The molecule has 0 bridgehead atoms. The van der Waals surface area contributed by atoms with E-state index in [0.29, 0.717) is 0 Å². The monoisotopic (exact) mass is 371 g/mol. The molecule has 0 aliphatic carbocycles. The van der Waals surface area contributed by atoms with E-state index in [1.165, 1.54) is 10.0 Å². The van der Waals surface area contributed by atoms with E-state index in [4.69, 9.17) is 10.8 Å². The van der Waals surface area contributed by atoms with Crippen LogP contribution in [0.3, 0.4) is 0 Å². The number of rotatable bonds is 2. The molecule has 23 heavy (non-hydrogen) atoms. The first kappa shape index (κ1) is 15.8. The van der Waals surface area contributed by atoms with E-state index in [2.05, 4.69) is 57.2 Å². The molecule has 0 atom stereocenters. The number of benzene rings is 2. The second-order valence-electron chi connectivity index (χ2n) is 6.45. The van der Waals surface area contributed by atoms with Crippen LogP contribution >= 0.6 is 0 Å². The van der Waals surface area contributed by atoms with Crippen molar-refractivity contribution in [3.8, 4) is 21.3 Å². The van der Waals surface area contributed by atoms with E-state index < -0.39 is 0 Å². The Labute approximate surface area is 142 Å². The van der Waals surface area contributed by atoms with Gasteiger partial charge in [-0.3, -0.25) is 0 Å². The fourth-order valence-corrected chi connectivity index (χ4v) is 5.05. The predicted molar refractivity (Wildman–Crippen MR) is 97.7 cm³/mol. The molecule has 4 heteroatoms. The van der Waals surface area contributed by atoms with Gasteiger partial charge in [0.1, 0.15) is 0 Å². The Morgan fingerprint density at radius 3 is 1.91 bits per heavy atom. The molecule has 0 aliphatic rings. The van der Waals surface area contributed by atoms with Crippen molar-refractivity contribution in [3.05, 3.63) is 65.0 Å². The van der Waals surface area contributed by atoms with Crippen molar-refractivity contribution in [2.45, 2.75) is 26.3 Å². The molecule has 0 saturated carbocycles. The van der Waals surface area contributed by atoms with Gasteiger partial charge in [-0.15, -0.1) is 0 Å². The number of nitrogens with zero attached hydrogens (tertiary/aromatic N) is 2. The summed E-state index contributed by atoms with van der Waals surface area (Å²) < 4.78 is 4.04. The van der Waals surface area contributed by atoms with Gasteiger partial charge in [-0.05, 0) is 0 Å². The van der Waals surface area contributed by atoms with Crippen LogP contribution in [0.25, 0.3) is 21.3 Å². The zero-order valence-electron chi connectivity index (χ0n) is 13.7. The third kappa shape index (κ3) is 3.49. The van der Waals surface area contributed by atoms with Gasteiger partial charge in [-0.25, -0.2) is 0 Å². The van der Waals surface area contributed by atoms with Crippen LogP contribution in [-0.4, -0.2) is 24.7 Å². The summed E-state index contributed by atoms with van der Waals surface area (Å²) in [7, 11) is 0. The first-order valence-corrected chi connectivity index (χ1v) is 9.35. The first-order valence-electron chi connectivity index (χ1n) is 7.63. The molecule has 1 aromatic heterocycles. The van der Waals surface area contributed by atoms with Crippen molar-refractivity contribution in [1.29, 1.82) is 0 Å². The third-order valence-corrected chi connectivity index (χ3v) is 5.69. The Balaban J connectivity index is 2.31. The quantitative estimate of drug-likeness (QED) is 0.546. The van der Waals surface area contributed by atoms with E-state index in [-0.39, 0.29) is 20.0 Å². The average Bonchev–Trinajstić information content (AvgIpc) is 2.84. The van der Waals surface area contributed by atoms with Gasteiger partial charge in [-0.2, -0.15) is 0 Å². The molecular weight excluding hydrogens is 349 g/mol. The van der Waals surface area contributed by atoms with Crippen molar-refractivity contribution < 1.29 is 0 Å². The van der Waals surface area contributed by atoms with Crippen LogP contribution < -0.4 is 10.2 Å². The zero-order chi connectivity index (χ0) is 16.4. The van der Waals surface area contributed by atoms with Crippen LogP contribution in [-0.2, 0) is 0 Å². The second kappa shape index (κ2) is 6.23.